The van der Waals surface area contributed by atoms with E-state index in [9.17, 15) is 14.4 Å². The van der Waals surface area contributed by atoms with E-state index in [2.05, 4.69) is 67.5 Å². The second-order valence-corrected chi connectivity index (χ2v) is 15.2. The van der Waals surface area contributed by atoms with Gasteiger partial charge >= 0.3 is 6.03 Å². The van der Waals surface area contributed by atoms with Crippen LogP contribution in [0.4, 0.5) is 10.5 Å². The van der Waals surface area contributed by atoms with Crippen LogP contribution in [0.3, 0.4) is 0 Å². The first-order valence-corrected chi connectivity index (χ1v) is 17.5. The Morgan fingerprint density at radius 1 is 0.826 bits per heavy atom. The molecule has 4 aromatic carbocycles. The Kier molecular flexibility index (Phi) is 7.41. The zero-order valence-corrected chi connectivity index (χ0v) is 28.3. The van der Waals surface area contributed by atoms with Crippen molar-refractivity contribution in [3.63, 3.8) is 0 Å². The molecule has 5 aliphatic rings. The van der Waals surface area contributed by atoms with Crippen molar-refractivity contribution in [2.24, 2.45) is 17.8 Å². The third kappa shape index (κ3) is 5.20. The molecule has 8 heteroatoms. The Balaban J connectivity index is 1.03. The van der Waals surface area contributed by atoms with E-state index in [1.807, 2.05) is 36.4 Å². The molecule has 4 aliphatic carbocycles. The lowest BCUT2D eigenvalue weighted by atomic mass is 9.48. The Morgan fingerprint density at radius 2 is 1.46 bits per heavy atom. The van der Waals surface area contributed by atoms with Crippen LogP contribution < -0.4 is 15.0 Å². The Bertz CT molecular complexity index is 1890. The molecule has 0 aromatic heterocycles. The van der Waals surface area contributed by atoms with Crippen LogP contribution in [-0.2, 0) is 21.6 Å². The van der Waals surface area contributed by atoms with Gasteiger partial charge in [0.1, 0.15) is 17.9 Å². The maximum Gasteiger partial charge on any atom is 0.335 e. The summed E-state index contributed by atoms with van der Waals surface area (Å²) in [6.07, 6.45) is 9.33. The molecule has 6 nitrogen and oxygen atoms in total. The number of urea groups is 1. The zero-order valence-electron chi connectivity index (χ0n) is 25.1. The van der Waals surface area contributed by atoms with E-state index in [0.717, 1.165) is 39.0 Å². The molecular weight excluding hydrogens is 708 g/mol. The van der Waals surface area contributed by atoms with Crippen molar-refractivity contribution in [3.8, 4) is 5.75 Å². The number of imide groups is 2. The van der Waals surface area contributed by atoms with E-state index in [1.54, 1.807) is 12.1 Å². The van der Waals surface area contributed by atoms with E-state index in [4.69, 9.17) is 4.74 Å². The van der Waals surface area contributed by atoms with Gasteiger partial charge in [-0.15, -0.1) is 0 Å². The summed E-state index contributed by atoms with van der Waals surface area (Å²) in [7, 11) is 0. The molecule has 4 aromatic rings. The predicted octanol–water partition coefficient (Wildman–Crippen LogP) is 9.08. The lowest BCUT2D eigenvalue weighted by Gasteiger charge is -2.57. The number of rotatable bonds is 6. The normalized spacial score (nSPS) is 26.2. The number of barbiturate groups is 1. The first kappa shape index (κ1) is 29.6. The zero-order chi connectivity index (χ0) is 31.6. The van der Waals surface area contributed by atoms with Crippen LogP contribution >= 0.6 is 31.9 Å². The number of carbonyl (C=O) groups is 3. The van der Waals surface area contributed by atoms with Crippen LogP contribution in [0.5, 0.6) is 5.75 Å². The van der Waals surface area contributed by atoms with Crippen molar-refractivity contribution in [1.29, 1.82) is 0 Å². The molecule has 1 N–H and O–H groups in total. The third-order valence-corrected chi connectivity index (χ3v) is 11.6. The lowest BCUT2D eigenvalue weighted by molar-refractivity contribution is -0.122. The largest absolute Gasteiger partial charge is 0.487 e. The van der Waals surface area contributed by atoms with Gasteiger partial charge in [-0.2, -0.15) is 0 Å². The highest BCUT2D eigenvalue weighted by Gasteiger charge is 2.51. The summed E-state index contributed by atoms with van der Waals surface area (Å²) in [6, 6.07) is 25.0. The topological polar surface area (TPSA) is 75.7 Å². The van der Waals surface area contributed by atoms with Crippen molar-refractivity contribution in [2.75, 3.05) is 4.90 Å². The van der Waals surface area contributed by atoms with E-state index in [-0.39, 0.29) is 11.0 Å². The van der Waals surface area contributed by atoms with Gasteiger partial charge in [0.2, 0.25) is 0 Å². The first-order chi connectivity index (χ1) is 22.3. The van der Waals surface area contributed by atoms with Crippen LogP contribution in [0.25, 0.3) is 16.8 Å². The van der Waals surface area contributed by atoms with Crippen LogP contribution in [0.2, 0.25) is 0 Å². The molecule has 4 saturated carbocycles. The average Bonchev–Trinajstić information content (AvgIpc) is 3.02. The fourth-order valence-electron chi connectivity index (χ4n) is 8.86. The fourth-order valence-corrected chi connectivity index (χ4v) is 10.3. The van der Waals surface area contributed by atoms with Gasteiger partial charge in [-0.3, -0.25) is 14.9 Å². The Labute approximate surface area is 284 Å². The number of carbonyl (C=O) groups excluding carboxylic acids is 3. The monoisotopic (exact) mass is 738 g/mol. The van der Waals surface area contributed by atoms with Gasteiger partial charge in [-0.25, -0.2) is 9.69 Å². The van der Waals surface area contributed by atoms with Crippen molar-refractivity contribution >= 4 is 72.2 Å². The Hall–Kier alpha value is -3.75. The van der Waals surface area contributed by atoms with E-state index >= 15 is 0 Å². The number of nitrogens with one attached hydrogen (secondary N) is 1. The number of halogens is 2. The summed E-state index contributed by atoms with van der Waals surface area (Å²) in [5.41, 5.74) is 3.52. The molecule has 1 aliphatic heterocycles. The summed E-state index contributed by atoms with van der Waals surface area (Å²) >= 11 is 7.21. The maximum absolute atomic E-state index is 13.7. The van der Waals surface area contributed by atoms with Crippen molar-refractivity contribution < 1.29 is 19.1 Å². The molecule has 232 valence electrons. The van der Waals surface area contributed by atoms with Gasteiger partial charge in [-0.1, -0.05) is 54.6 Å². The molecule has 9 rings (SSSR count). The van der Waals surface area contributed by atoms with Crippen LogP contribution in [-0.4, -0.2) is 17.8 Å². The summed E-state index contributed by atoms with van der Waals surface area (Å²) < 4.78 is 7.53. The van der Waals surface area contributed by atoms with Crippen molar-refractivity contribution in [3.05, 3.63) is 110 Å². The first-order valence-electron chi connectivity index (χ1n) is 15.9. The standard InChI is InChI=1S/C38H32Br2N2O4/c39-32-16-22(17-33(40)34(32)46-21-27-6-3-5-26-4-1-2-7-30(26)27)15-31-35(43)41-37(45)42(36(31)44)29-10-8-28(9-11-29)38-18-23-12-24(19-38)14-25(13-23)20-38/h1-11,15-17,23-25H,12-14,18-21H2,(H,41,43,45)/b31-15+. The summed E-state index contributed by atoms with van der Waals surface area (Å²) in [5.74, 6) is 1.70. The quantitative estimate of drug-likeness (QED) is 0.158. The second kappa shape index (κ2) is 11.5. The number of ether oxygens (including phenoxy) is 1. The highest BCUT2D eigenvalue weighted by Crippen LogP contribution is 2.60. The van der Waals surface area contributed by atoms with E-state index < -0.39 is 17.8 Å². The van der Waals surface area contributed by atoms with Gasteiger partial charge in [-0.05, 0) is 151 Å². The Morgan fingerprint density at radius 3 is 2.13 bits per heavy atom. The highest BCUT2D eigenvalue weighted by atomic mass is 79.9. The van der Waals surface area contributed by atoms with Gasteiger partial charge < -0.3 is 4.74 Å². The third-order valence-electron chi connectivity index (χ3n) is 10.5. The van der Waals surface area contributed by atoms with Crippen molar-refractivity contribution in [1.82, 2.24) is 5.32 Å². The average molecular weight is 740 g/mol. The van der Waals surface area contributed by atoms with Crippen LogP contribution in [0, 0.1) is 17.8 Å². The van der Waals surface area contributed by atoms with Gasteiger partial charge in [0.25, 0.3) is 11.8 Å². The lowest BCUT2D eigenvalue weighted by Crippen LogP contribution is -2.54. The minimum Gasteiger partial charge on any atom is -0.487 e. The SMILES string of the molecule is O=C1NC(=O)N(c2ccc(C34CC5CC(CC(C5)C3)C4)cc2)C(=O)/C1=C/c1cc(Br)c(OCc2cccc3ccccc23)c(Br)c1. The van der Waals surface area contributed by atoms with Gasteiger partial charge in [0.15, 0.2) is 0 Å². The number of amides is 4. The molecule has 1 saturated heterocycles. The second-order valence-electron chi connectivity index (χ2n) is 13.4. The molecule has 1 heterocycles. The minimum atomic E-state index is -0.741. The number of hydrogen-bond donors (Lipinski definition) is 1. The number of hydrogen-bond acceptors (Lipinski definition) is 4. The molecule has 0 unspecified atom stereocenters. The number of nitrogens with zero attached hydrogens (tertiary/aromatic N) is 1. The minimum absolute atomic E-state index is 0.118. The van der Waals surface area contributed by atoms with Gasteiger partial charge in [0.05, 0.1) is 14.6 Å². The van der Waals surface area contributed by atoms with Crippen LogP contribution in [0.1, 0.15) is 55.2 Å². The molecule has 0 atom stereocenters. The maximum atomic E-state index is 13.7. The van der Waals surface area contributed by atoms with E-state index in [1.165, 1.54) is 50.2 Å². The molecule has 5 fully saturated rings. The molecule has 4 bridgehead atoms. The molecule has 4 amide bonds. The van der Waals surface area contributed by atoms with Crippen LogP contribution in [0.15, 0.2) is 93.4 Å². The molecule has 46 heavy (non-hydrogen) atoms. The van der Waals surface area contributed by atoms with E-state index in [0.29, 0.717) is 32.6 Å². The number of benzene rings is 4. The molecular formula is C38H32Br2N2O4. The number of fused-ring (bicyclic) bond motifs is 1. The summed E-state index contributed by atoms with van der Waals surface area (Å²) in [4.78, 5) is 40.6. The predicted molar refractivity (Wildman–Crippen MR) is 185 cm³/mol. The molecule has 0 radical (unpaired) electrons. The van der Waals surface area contributed by atoms with Crippen molar-refractivity contribution in [2.45, 2.75) is 50.5 Å². The molecule has 0 spiro atoms. The summed E-state index contributed by atoms with van der Waals surface area (Å²) in [6.45, 7) is 0.360. The summed E-state index contributed by atoms with van der Waals surface area (Å²) in [5, 5.41) is 4.63. The van der Waals surface area contributed by atoms with Gasteiger partial charge in [0, 0.05) is 0 Å². The number of anilines is 1. The smallest absolute Gasteiger partial charge is 0.335 e. The fraction of sp³-hybridized carbons (Fsp3) is 0.289. The highest BCUT2D eigenvalue weighted by molar-refractivity contribution is 9.11.